The van der Waals surface area contributed by atoms with Gasteiger partial charge in [0.1, 0.15) is 11.5 Å². The van der Waals surface area contributed by atoms with Crippen molar-refractivity contribution >= 4 is 15.7 Å². The van der Waals surface area contributed by atoms with E-state index in [4.69, 9.17) is 4.52 Å². The Morgan fingerprint density at radius 3 is 2.76 bits per heavy atom. The lowest BCUT2D eigenvalue weighted by atomic mass is 9.97. The minimum absolute atomic E-state index is 0.0292. The molecule has 7 nitrogen and oxygen atoms in total. The summed E-state index contributed by atoms with van der Waals surface area (Å²) in [5, 5.41) is 10.6. The summed E-state index contributed by atoms with van der Waals surface area (Å²) >= 11 is 0. The fourth-order valence-corrected chi connectivity index (χ4v) is 5.30. The second kappa shape index (κ2) is 5.16. The first-order valence-electron chi connectivity index (χ1n) is 7.63. The minimum atomic E-state index is -3.96. The van der Waals surface area contributed by atoms with Crippen LogP contribution in [-0.4, -0.2) is 23.8 Å². The van der Waals surface area contributed by atoms with Crippen molar-refractivity contribution in [1.82, 2.24) is 15.4 Å². The van der Waals surface area contributed by atoms with Gasteiger partial charge >= 0.3 is 0 Å². The number of nitrogens with zero attached hydrogens (tertiary/aromatic N) is 3. The lowest BCUT2D eigenvalue weighted by Gasteiger charge is -2.35. The van der Waals surface area contributed by atoms with Gasteiger partial charge in [0.2, 0.25) is 0 Å². The number of sulfonamides is 1. The average Bonchev–Trinajstić information content (AvgIpc) is 3.15. The zero-order valence-electron chi connectivity index (χ0n) is 13.7. The van der Waals surface area contributed by atoms with Gasteiger partial charge in [-0.05, 0) is 39.0 Å². The topological polar surface area (TPSA) is 92.1 Å². The summed E-state index contributed by atoms with van der Waals surface area (Å²) in [6.45, 7) is 4.89. The molecule has 0 saturated heterocycles. The summed E-state index contributed by atoms with van der Waals surface area (Å²) in [4.78, 5) is 0.0292. The third-order valence-corrected chi connectivity index (χ3v) is 6.55. The first-order valence-corrected chi connectivity index (χ1v) is 9.07. The molecule has 130 valence electrons. The average molecular weight is 362 g/mol. The first kappa shape index (κ1) is 15.8. The molecule has 0 saturated carbocycles. The Morgan fingerprint density at radius 1 is 1.32 bits per heavy atom. The molecule has 1 aliphatic rings. The molecule has 0 amide bonds. The van der Waals surface area contributed by atoms with Crippen molar-refractivity contribution in [2.45, 2.75) is 31.7 Å². The molecule has 9 heteroatoms. The lowest BCUT2D eigenvalue weighted by molar-refractivity contribution is 0.390. The number of anilines is 1. The molecule has 1 unspecified atom stereocenters. The maximum Gasteiger partial charge on any atom is 0.270 e. The molecule has 0 radical (unpaired) electrons. The van der Waals surface area contributed by atoms with E-state index >= 15 is 0 Å². The van der Waals surface area contributed by atoms with E-state index in [0.29, 0.717) is 22.5 Å². The van der Waals surface area contributed by atoms with E-state index in [2.05, 4.69) is 15.4 Å². The van der Waals surface area contributed by atoms with E-state index in [9.17, 15) is 12.8 Å². The van der Waals surface area contributed by atoms with Gasteiger partial charge in [-0.3, -0.25) is 9.40 Å². The van der Waals surface area contributed by atoms with Gasteiger partial charge in [0.05, 0.1) is 23.6 Å². The molecule has 3 aromatic rings. The molecule has 1 atom stereocenters. The summed E-state index contributed by atoms with van der Waals surface area (Å²) in [5.74, 6) is -0.241. The number of aryl methyl sites for hydroxylation is 2. The first-order chi connectivity index (χ1) is 11.8. The van der Waals surface area contributed by atoms with Crippen LogP contribution in [0.1, 0.15) is 30.0 Å². The molecule has 0 fully saturated rings. The highest BCUT2D eigenvalue weighted by Crippen LogP contribution is 2.46. The lowest BCUT2D eigenvalue weighted by Crippen LogP contribution is -2.36. The Bertz CT molecular complexity index is 1070. The van der Waals surface area contributed by atoms with E-state index in [0.717, 1.165) is 0 Å². The van der Waals surface area contributed by atoms with Gasteiger partial charge in [0.15, 0.2) is 10.7 Å². The normalized spacial score (nSPS) is 16.6. The van der Waals surface area contributed by atoms with Crippen LogP contribution in [0.15, 0.2) is 33.8 Å². The third kappa shape index (κ3) is 2.12. The summed E-state index contributed by atoms with van der Waals surface area (Å²) in [7, 11) is -3.96. The number of aromatic amines is 1. The molecular weight excluding hydrogens is 347 g/mol. The highest BCUT2D eigenvalue weighted by atomic mass is 32.2. The molecule has 1 aromatic carbocycles. The van der Waals surface area contributed by atoms with Crippen LogP contribution in [0.2, 0.25) is 0 Å². The number of aromatic nitrogens is 3. The van der Waals surface area contributed by atoms with Crippen LogP contribution in [0.5, 0.6) is 0 Å². The number of halogens is 1. The Kier molecular flexibility index (Phi) is 3.26. The standard InChI is InChI=1S/C16H15FN4O3S/c1-8-16(10(3)24-20-8)25(22,23)21-9(2)13-7-18-19-15(13)12-6-11(17)4-5-14(12)21/h4-7,9H,1-3H3,(H,18,19). The van der Waals surface area contributed by atoms with Crippen LogP contribution in [-0.2, 0) is 10.0 Å². The van der Waals surface area contributed by atoms with Crippen LogP contribution in [0.4, 0.5) is 10.1 Å². The SMILES string of the molecule is Cc1noc(C)c1S(=O)(=O)N1c2ccc(F)cc2-c2[nH]ncc2C1C. The molecule has 2 aromatic heterocycles. The summed E-state index contributed by atoms with van der Waals surface area (Å²) in [6.07, 6.45) is 1.56. The van der Waals surface area contributed by atoms with Gasteiger partial charge < -0.3 is 4.52 Å². The summed E-state index contributed by atoms with van der Waals surface area (Å²) < 4.78 is 46.9. The van der Waals surface area contributed by atoms with Crippen LogP contribution in [0.25, 0.3) is 11.3 Å². The quantitative estimate of drug-likeness (QED) is 0.756. The maximum absolute atomic E-state index is 13.8. The van der Waals surface area contributed by atoms with Gasteiger partial charge in [-0.1, -0.05) is 5.16 Å². The number of H-pyrrole nitrogens is 1. The monoisotopic (exact) mass is 362 g/mol. The number of rotatable bonds is 2. The Morgan fingerprint density at radius 2 is 2.08 bits per heavy atom. The summed E-state index contributed by atoms with van der Waals surface area (Å²) in [6, 6.07) is 3.47. The van der Waals surface area contributed by atoms with Gasteiger partial charge in [-0.25, -0.2) is 12.8 Å². The molecule has 25 heavy (non-hydrogen) atoms. The Labute approximate surface area is 143 Å². The van der Waals surface area contributed by atoms with Crippen molar-refractivity contribution in [3.63, 3.8) is 0 Å². The summed E-state index contributed by atoms with van der Waals surface area (Å²) in [5.41, 5.74) is 2.40. The fourth-order valence-electron chi connectivity index (χ4n) is 3.34. The van der Waals surface area contributed by atoms with Crippen LogP contribution >= 0.6 is 0 Å². The minimum Gasteiger partial charge on any atom is -0.360 e. The van der Waals surface area contributed by atoms with E-state index in [1.807, 2.05) is 0 Å². The van der Waals surface area contributed by atoms with E-state index in [1.54, 1.807) is 27.0 Å². The van der Waals surface area contributed by atoms with Crippen molar-refractivity contribution in [2.24, 2.45) is 0 Å². The molecule has 0 spiro atoms. The van der Waals surface area contributed by atoms with Crippen molar-refractivity contribution in [3.05, 3.63) is 47.2 Å². The molecule has 1 aliphatic heterocycles. The highest BCUT2D eigenvalue weighted by Gasteiger charge is 2.40. The van der Waals surface area contributed by atoms with Crippen LogP contribution in [0.3, 0.4) is 0 Å². The number of hydrogen-bond donors (Lipinski definition) is 1. The smallest absolute Gasteiger partial charge is 0.270 e. The number of nitrogens with one attached hydrogen (secondary N) is 1. The predicted octanol–water partition coefficient (Wildman–Crippen LogP) is 3.09. The second-order valence-corrected chi connectivity index (χ2v) is 7.74. The Hall–Kier alpha value is -2.68. The molecule has 3 heterocycles. The molecule has 4 rings (SSSR count). The fraction of sp³-hybridized carbons (Fsp3) is 0.250. The molecule has 1 N–H and O–H groups in total. The number of fused-ring (bicyclic) bond motifs is 3. The maximum atomic E-state index is 13.8. The van der Waals surface area contributed by atoms with Gasteiger partial charge in [0.25, 0.3) is 10.0 Å². The van der Waals surface area contributed by atoms with Gasteiger partial charge in [0, 0.05) is 11.1 Å². The van der Waals surface area contributed by atoms with Crippen LogP contribution < -0.4 is 4.31 Å². The van der Waals surface area contributed by atoms with Crippen molar-refractivity contribution in [3.8, 4) is 11.3 Å². The van der Waals surface area contributed by atoms with Crippen molar-refractivity contribution in [1.29, 1.82) is 0 Å². The van der Waals surface area contributed by atoms with E-state index in [1.165, 1.54) is 22.5 Å². The van der Waals surface area contributed by atoms with Gasteiger partial charge in [-0.2, -0.15) is 5.10 Å². The molecular formula is C16H15FN4O3S. The number of hydrogen-bond acceptors (Lipinski definition) is 5. The van der Waals surface area contributed by atoms with Crippen LogP contribution in [0, 0.1) is 19.7 Å². The third-order valence-electron chi connectivity index (χ3n) is 4.42. The Balaban J connectivity index is 2.01. The van der Waals surface area contributed by atoms with Crippen molar-refractivity contribution in [2.75, 3.05) is 4.31 Å². The zero-order chi connectivity index (χ0) is 17.9. The van der Waals surface area contributed by atoms with E-state index in [-0.39, 0.29) is 16.3 Å². The number of benzene rings is 1. The van der Waals surface area contributed by atoms with Gasteiger partial charge in [-0.15, -0.1) is 0 Å². The zero-order valence-corrected chi connectivity index (χ0v) is 14.6. The van der Waals surface area contributed by atoms with E-state index < -0.39 is 21.9 Å². The molecule has 0 bridgehead atoms. The largest absolute Gasteiger partial charge is 0.360 e. The second-order valence-electron chi connectivity index (χ2n) is 5.99. The molecule has 0 aliphatic carbocycles. The highest BCUT2D eigenvalue weighted by molar-refractivity contribution is 7.93. The van der Waals surface area contributed by atoms with Crippen molar-refractivity contribution < 1.29 is 17.3 Å². The predicted molar refractivity (Wildman–Crippen MR) is 88.0 cm³/mol.